The molecule has 0 radical (unpaired) electrons. The van der Waals surface area contributed by atoms with E-state index >= 15 is 0 Å². The standard InChI is InChI=1S/C27H26N4O3/c1-33-25-8-7-19(17-26(25)34-2)24-18-22(21-5-3-4-6-23(21)29-24)27(32)31-15-13-30(14-16-31)20-9-11-28-12-10-20/h3-12,17-18H,13-16H2,1-2H3. The van der Waals surface area contributed by atoms with E-state index in [1.54, 1.807) is 26.6 Å². The van der Waals surface area contributed by atoms with Gasteiger partial charge in [0.15, 0.2) is 11.5 Å². The lowest BCUT2D eigenvalue weighted by molar-refractivity contribution is 0.0748. The van der Waals surface area contributed by atoms with Gasteiger partial charge in [-0.15, -0.1) is 0 Å². The van der Waals surface area contributed by atoms with Crippen molar-refractivity contribution in [3.05, 3.63) is 78.6 Å². The molecule has 0 saturated carbocycles. The largest absolute Gasteiger partial charge is 0.493 e. The summed E-state index contributed by atoms with van der Waals surface area (Å²) in [7, 11) is 3.22. The number of rotatable bonds is 5. The molecule has 0 bridgehead atoms. The summed E-state index contributed by atoms with van der Waals surface area (Å²) in [5.74, 6) is 1.29. The van der Waals surface area contributed by atoms with Crippen LogP contribution in [0.1, 0.15) is 10.4 Å². The zero-order valence-corrected chi connectivity index (χ0v) is 19.3. The number of hydrogen-bond acceptors (Lipinski definition) is 6. The van der Waals surface area contributed by atoms with E-state index in [1.807, 2.05) is 65.6 Å². The predicted octanol–water partition coefficient (Wildman–Crippen LogP) is 4.28. The predicted molar refractivity (Wildman–Crippen MR) is 133 cm³/mol. The van der Waals surface area contributed by atoms with E-state index in [1.165, 1.54) is 0 Å². The maximum absolute atomic E-state index is 13.7. The number of amides is 1. The van der Waals surface area contributed by atoms with Crippen LogP contribution in [0, 0.1) is 0 Å². The number of pyridine rings is 2. The Balaban J connectivity index is 1.47. The quantitative estimate of drug-likeness (QED) is 0.449. The molecular formula is C27H26N4O3. The van der Waals surface area contributed by atoms with Crippen molar-refractivity contribution in [2.75, 3.05) is 45.3 Å². The van der Waals surface area contributed by atoms with E-state index in [4.69, 9.17) is 14.5 Å². The van der Waals surface area contributed by atoms with Gasteiger partial charge in [-0.05, 0) is 42.5 Å². The van der Waals surface area contributed by atoms with E-state index in [0.29, 0.717) is 30.2 Å². The average molecular weight is 455 g/mol. The first kappa shape index (κ1) is 21.7. The molecular weight excluding hydrogens is 428 g/mol. The van der Waals surface area contributed by atoms with Gasteiger partial charge in [-0.2, -0.15) is 0 Å². The van der Waals surface area contributed by atoms with Crippen LogP contribution >= 0.6 is 0 Å². The van der Waals surface area contributed by atoms with Crippen LogP contribution in [0.15, 0.2) is 73.1 Å². The molecule has 0 spiro atoms. The number of carbonyl (C=O) groups excluding carboxylic acids is 1. The van der Waals surface area contributed by atoms with E-state index in [9.17, 15) is 4.79 Å². The number of fused-ring (bicyclic) bond motifs is 1. The van der Waals surface area contributed by atoms with Crippen LogP contribution in [0.25, 0.3) is 22.2 Å². The van der Waals surface area contributed by atoms with Crippen LogP contribution < -0.4 is 14.4 Å². The van der Waals surface area contributed by atoms with Gasteiger partial charge in [-0.1, -0.05) is 18.2 Å². The molecule has 0 unspecified atom stereocenters. The Labute approximate surface area is 198 Å². The molecule has 5 rings (SSSR count). The molecule has 3 heterocycles. The minimum Gasteiger partial charge on any atom is -0.493 e. The summed E-state index contributed by atoms with van der Waals surface area (Å²) in [4.78, 5) is 26.8. The van der Waals surface area contributed by atoms with Crippen LogP contribution in [0.5, 0.6) is 11.5 Å². The van der Waals surface area contributed by atoms with Gasteiger partial charge in [0, 0.05) is 55.2 Å². The zero-order chi connectivity index (χ0) is 23.5. The summed E-state index contributed by atoms with van der Waals surface area (Å²) in [6.45, 7) is 2.87. The van der Waals surface area contributed by atoms with Crippen molar-refractivity contribution in [3.63, 3.8) is 0 Å². The first-order chi connectivity index (χ1) is 16.7. The van der Waals surface area contributed by atoms with Gasteiger partial charge in [-0.3, -0.25) is 9.78 Å². The van der Waals surface area contributed by atoms with Crippen molar-refractivity contribution in [1.29, 1.82) is 0 Å². The number of hydrogen-bond donors (Lipinski definition) is 0. The number of nitrogens with zero attached hydrogens (tertiary/aromatic N) is 4. The molecule has 172 valence electrons. The molecule has 1 fully saturated rings. The molecule has 34 heavy (non-hydrogen) atoms. The molecule has 7 nitrogen and oxygen atoms in total. The Morgan fingerprint density at radius 3 is 2.32 bits per heavy atom. The third-order valence-corrected chi connectivity index (χ3v) is 6.22. The Kier molecular flexibility index (Phi) is 5.99. The Hall–Kier alpha value is -4.13. The maximum Gasteiger partial charge on any atom is 0.254 e. The second-order valence-corrected chi connectivity index (χ2v) is 8.13. The summed E-state index contributed by atoms with van der Waals surface area (Å²) >= 11 is 0. The van der Waals surface area contributed by atoms with Crippen molar-refractivity contribution >= 4 is 22.5 Å². The molecule has 1 aliphatic rings. The smallest absolute Gasteiger partial charge is 0.254 e. The number of para-hydroxylation sites is 1. The molecule has 1 amide bonds. The Morgan fingerprint density at radius 1 is 0.853 bits per heavy atom. The van der Waals surface area contributed by atoms with Crippen molar-refractivity contribution < 1.29 is 14.3 Å². The first-order valence-corrected chi connectivity index (χ1v) is 11.2. The van der Waals surface area contributed by atoms with E-state index in [0.717, 1.165) is 40.9 Å². The van der Waals surface area contributed by atoms with Gasteiger partial charge < -0.3 is 19.3 Å². The van der Waals surface area contributed by atoms with Crippen LogP contribution in [-0.4, -0.2) is 61.2 Å². The third kappa shape index (κ3) is 4.12. The molecule has 2 aromatic carbocycles. The molecule has 0 atom stereocenters. The molecule has 4 aromatic rings. The van der Waals surface area contributed by atoms with Crippen molar-refractivity contribution in [2.24, 2.45) is 0 Å². The first-order valence-electron chi connectivity index (χ1n) is 11.2. The van der Waals surface area contributed by atoms with E-state index in [-0.39, 0.29) is 5.91 Å². The van der Waals surface area contributed by atoms with Gasteiger partial charge in [0.25, 0.3) is 5.91 Å². The van der Waals surface area contributed by atoms with Crippen LogP contribution in [-0.2, 0) is 0 Å². The number of methoxy groups -OCH3 is 2. The molecule has 0 N–H and O–H groups in total. The van der Waals surface area contributed by atoms with Crippen LogP contribution in [0.4, 0.5) is 5.69 Å². The fourth-order valence-electron chi connectivity index (χ4n) is 4.39. The molecule has 0 aliphatic carbocycles. The second kappa shape index (κ2) is 9.39. The molecule has 7 heteroatoms. The van der Waals surface area contributed by atoms with Gasteiger partial charge in [0.2, 0.25) is 0 Å². The normalized spacial score (nSPS) is 13.7. The molecule has 1 saturated heterocycles. The minimum absolute atomic E-state index is 0.0229. The van der Waals surface area contributed by atoms with E-state index < -0.39 is 0 Å². The average Bonchev–Trinajstić information content (AvgIpc) is 2.92. The highest BCUT2D eigenvalue weighted by Gasteiger charge is 2.24. The summed E-state index contributed by atoms with van der Waals surface area (Å²) in [5.41, 5.74) is 4.16. The number of anilines is 1. The lowest BCUT2D eigenvalue weighted by atomic mass is 10.0. The molecule has 2 aromatic heterocycles. The Morgan fingerprint density at radius 2 is 1.59 bits per heavy atom. The Bertz CT molecular complexity index is 1320. The topological polar surface area (TPSA) is 67.8 Å². The van der Waals surface area contributed by atoms with Gasteiger partial charge in [0.1, 0.15) is 0 Å². The van der Waals surface area contributed by atoms with Crippen LogP contribution in [0.3, 0.4) is 0 Å². The third-order valence-electron chi connectivity index (χ3n) is 6.22. The van der Waals surface area contributed by atoms with Crippen LogP contribution in [0.2, 0.25) is 0 Å². The molecule has 1 aliphatic heterocycles. The highest BCUT2D eigenvalue weighted by Crippen LogP contribution is 2.33. The van der Waals surface area contributed by atoms with Gasteiger partial charge in [0.05, 0.1) is 31.0 Å². The van der Waals surface area contributed by atoms with Gasteiger partial charge in [-0.25, -0.2) is 4.98 Å². The van der Waals surface area contributed by atoms with Crippen molar-refractivity contribution in [2.45, 2.75) is 0 Å². The number of ether oxygens (including phenoxy) is 2. The SMILES string of the molecule is COc1ccc(-c2cc(C(=O)N3CCN(c4ccncc4)CC3)c3ccccc3n2)cc1OC. The highest BCUT2D eigenvalue weighted by atomic mass is 16.5. The summed E-state index contributed by atoms with van der Waals surface area (Å²) < 4.78 is 10.8. The van der Waals surface area contributed by atoms with E-state index in [2.05, 4.69) is 9.88 Å². The fraction of sp³-hybridized carbons (Fsp3) is 0.222. The minimum atomic E-state index is 0.0229. The number of aromatic nitrogens is 2. The summed E-state index contributed by atoms with van der Waals surface area (Å²) in [6, 6.07) is 19.4. The number of carbonyl (C=O) groups is 1. The fourth-order valence-corrected chi connectivity index (χ4v) is 4.39. The maximum atomic E-state index is 13.7. The number of piperazine rings is 1. The summed E-state index contributed by atoms with van der Waals surface area (Å²) in [5, 5.41) is 0.855. The lowest BCUT2D eigenvalue weighted by Crippen LogP contribution is -2.48. The highest BCUT2D eigenvalue weighted by molar-refractivity contribution is 6.07. The van der Waals surface area contributed by atoms with Gasteiger partial charge >= 0.3 is 0 Å². The van der Waals surface area contributed by atoms with Crippen molar-refractivity contribution in [1.82, 2.24) is 14.9 Å². The second-order valence-electron chi connectivity index (χ2n) is 8.13. The summed E-state index contributed by atoms with van der Waals surface area (Å²) in [6.07, 6.45) is 3.59. The monoisotopic (exact) mass is 454 g/mol. The number of benzene rings is 2. The zero-order valence-electron chi connectivity index (χ0n) is 19.3. The van der Waals surface area contributed by atoms with Crippen molar-refractivity contribution in [3.8, 4) is 22.8 Å². The lowest BCUT2D eigenvalue weighted by Gasteiger charge is -2.36.